The van der Waals surface area contributed by atoms with E-state index in [1.54, 1.807) is 6.92 Å². The number of ether oxygens (including phenoxy) is 1. The maximum Gasteiger partial charge on any atom is 0.235 e. The van der Waals surface area contributed by atoms with Gasteiger partial charge < -0.3 is 9.64 Å². The molecule has 1 aliphatic heterocycles. The number of thioether (sulfide) groups is 1. The summed E-state index contributed by atoms with van der Waals surface area (Å²) in [4.78, 5) is 13.5. The van der Waals surface area contributed by atoms with Crippen molar-refractivity contribution in [1.82, 2.24) is 4.90 Å². The summed E-state index contributed by atoms with van der Waals surface area (Å²) < 4.78 is 33.6. The van der Waals surface area contributed by atoms with Gasteiger partial charge in [0.1, 0.15) is 11.7 Å². The predicted octanol–water partition coefficient (Wildman–Crippen LogP) is 3.86. The molecule has 23 heavy (non-hydrogen) atoms. The van der Waals surface area contributed by atoms with Crippen LogP contribution in [0.15, 0.2) is 12.1 Å². The molecule has 1 aromatic rings. The molecule has 0 aliphatic carbocycles. The number of hydrogen-bond donors (Lipinski definition) is 0. The van der Waals surface area contributed by atoms with E-state index in [2.05, 4.69) is 6.08 Å². The van der Waals surface area contributed by atoms with E-state index in [9.17, 15) is 13.6 Å². The van der Waals surface area contributed by atoms with Crippen LogP contribution < -0.4 is 4.74 Å². The Balaban J connectivity index is 0.00000264. The van der Waals surface area contributed by atoms with E-state index in [1.165, 1.54) is 16.7 Å². The Morgan fingerprint density at radius 1 is 1.43 bits per heavy atom. The molecule has 0 aromatic heterocycles. The summed E-state index contributed by atoms with van der Waals surface area (Å²) in [5.74, 6) is -1.22. The Hall–Kier alpha value is 0.274. The molecule has 2 rings (SSSR count). The zero-order valence-corrected chi connectivity index (χ0v) is 18.5. The molecule has 123 valence electrons. The van der Waals surface area contributed by atoms with E-state index >= 15 is 0 Å². The number of amides is 1. The molecule has 1 radical (unpaired) electrons. The molecule has 0 spiro atoms. The molecule has 8 heteroatoms. The Morgan fingerprint density at radius 2 is 2.04 bits per heavy atom. The SMILES string of the molecule is CCN1C(=O)C(I)C[C-]=C1c1c(F)cc(OCSC)cc1F.[Y]. The second kappa shape index (κ2) is 9.68. The zero-order chi connectivity index (χ0) is 16.3. The van der Waals surface area contributed by atoms with Crippen molar-refractivity contribution in [2.45, 2.75) is 17.3 Å². The zero-order valence-electron chi connectivity index (χ0n) is 12.7. The molecule has 3 nitrogen and oxygen atoms in total. The summed E-state index contributed by atoms with van der Waals surface area (Å²) in [5.41, 5.74) is -0.0539. The van der Waals surface area contributed by atoms with Gasteiger partial charge >= 0.3 is 0 Å². The van der Waals surface area contributed by atoms with Crippen molar-refractivity contribution in [2.75, 3.05) is 18.7 Å². The van der Waals surface area contributed by atoms with Crippen molar-refractivity contribution in [2.24, 2.45) is 0 Å². The molecule has 0 saturated heterocycles. The smallest absolute Gasteiger partial charge is 0.235 e. The maximum atomic E-state index is 14.3. The van der Waals surface area contributed by atoms with Gasteiger partial charge in [-0.25, -0.2) is 14.9 Å². The summed E-state index contributed by atoms with van der Waals surface area (Å²) >= 11 is 3.42. The van der Waals surface area contributed by atoms with Crippen LogP contribution in [0.2, 0.25) is 0 Å². The molecular weight excluding hydrogens is 512 g/mol. The molecule has 0 fully saturated rings. The van der Waals surface area contributed by atoms with Crippen LogP contribution in [0, 0.1) is 17.7 Å². The van der Waals surface area contributed by atoms with Crippen molar-refractivity contribution in [3.8, 4) is 5.75 Å². The molecule has 1 aromatic carbocycles. The van der Waals surface area contributed by atoms with Gasteiger partial charge in [-0.15, -0.1) is 17.5 Å². The minimum atomic E-state index is -0.753. The molecule has 0 bridgehead atoms. The number of allylic oxidation sites excluding steroid dienone is 1. The first-order valence-electron chi connectivity index (χ1n) is 6.67. The van der Waals surface area contributed by atoms with Gasteiger partial charge in [0.2, 0.25) is 5.91 Å². The Morgan fingerprint density at radius 3 is 2.57 bits per heavy atom. The first-order valence-corrected chi connectivity index (χ1v) is 9.31. The van der Waals surface area contributed by atoms with Crippen LogP contribution in [0.4, 0.5) is 8.78 Å². The quantitative estimate of drug-likeness (QED) is 0.252. The molecule has 0 N–H and O–H groups in total. The number of carbonyl (C=O) groups excluding carboxylic acids is 1. The van der Waals surface area contributed by atoms with Crippen molar-refractivity contribution < 1.29 is 51.0 Å². The average molecular weight is 527 g/mol. The topological polar surface area (TPSA) is 29.5 Å². The minimum absolute atomic E-state index is 0. The fraction of sp³-hybridized carbons (Fsp3) is 0.400. The van der Waals surface area contributed by atoms with Gasteiger partial charge in [0.05, 0.1) is 15.6 Å². The fourth-order valence-corrected chi connectivity index (χ4v) is 2.98. The Bertz CT molecular complexity index is 592. The third-order valence-electron chi connectivity index (χ3n) is 3.16. The van der Waals surface area contributed by atoms with Crippen LogP contribution in [-0.4, -0.2) is 33.5 Å². The largest absolute Gasteiger partial charge is 0.483 e. The van der Waals surface area contributed by atoms with Crippen LogP contribution in [0.3, 0.4) is 0 Å². The van der Waals surface area contributed by atoms with Crippen LogP contribution in [0.1, 0.15) is 18.9 Å². The summed E-state index contributed by atoms with van der Waals surface area (Å²) in [6.07, 6.45) is 5.12. The second-order valence-electron chi connectivity index (χ2n) is 4.59. The van der Waals surface area contributed by atoms with Crippen molar-refractivity contribution in [3.63, 3.8) is 0 Å². The standard InChI is InChI=1S/C15H15F2INO2S.Y/c1-3-19-13(5-4-12(18)15(19)20)14-10(16)6-9(7-11(14)17)21-8-22-2;/h6-7,12H,3-4,8H2,1-2H3;/q-1;. The van der Waals surface area contributed by atoms with E-state index in [0.717, 1.165) is 12.1 Å². The van der Waals surface area contributed by atoms with Gasteiger partial charge in [-0.2, -0.15) is 0 Å². The summed E-state index contributed by atoms with van der Waals surface area (Å²) in [6, 6.07) is 2.27. The van der Waals surface area contributed by atoms with E-state index in [1.807, 2.05) is 28.8 Å². The predicted molar refractivity (Wildman–Crippen MR) is 91.8 cm³/mol. The molecule has 1 unspecified atom stereocenters. The Labute approximate surface area is 177 Å². The van der Waals surface area contributed by atoms with E-state index in [-0.39, 0.29) is 59.6 Å². The first kappa shape index (κ1) is 21.3. The summed E-state index contributed by atoms with van der Waals surface area (Å²) in [7, 11) is 0. The van der Waals surface area contributed by atoms with Crippen molar-refractivity contribution >= 4 is 46.0 Å². The minimum Gasteiger partial charge on any atom is -0.483 e. The fourth-order valence-electron chi connectivity index (χ4n) is 2.17. The first-order chi connectivity index (χ1) is 10.5. The normalized spacial score (nSPS) is 17.6. The van der Waals surface area contributed by atoms with Gasteiger partial charge in [0.25, 0.3) is 0 Å². The maximum absolute atomic E-state index is 14.3. The molecule has 1 heterocycles. The summed E-state index contributed by atoms with van der Waals surface area (Å²) in [5, 5.41) is 0. The van der Waals surface area contributed by atoms with Gasteiger partial charge in [-0.1, -0.05) is 34.6 Å². The van der Waals surface area contributed by atoms with Gasteiger partial charge in [-0.05, 0) is 25.3 Å². The monoisotopic (exact) mass is 527 g/mol. The Kier molecular flexibility index (Phi) is 8.97. The number of rotatable bonds is 5. The number of nitrogens with zero attached hydrogens (tertiary/aromatic N) is 1. The van der Waals surface area contributed by atoms with Crippen LogP contribution >= 0.6 is 34.4 Å². The number of hydrogen-bond acceptors (Lipinski definition) is 3. The molecule has 1 aliphatic rings. The van der Waals surface area contributed by atoms with Crippen molar-refractivity contribution in [1.29, 1.82) is 0 Å². The number of benzene rings is 1. The van der Waals surface area contributed by atoms with Crippen molar-refractivity contribution in [3.05, 3.63) is 35.4 Å². The number of alkyl halides is 1. The number of carbonyl (C=O) groups is 1. The molecular formula is C15H15F2INO2SY-. The third kappa shape index (κ3) is 4.89. The van der Waals surface area contributed by atoms with Crippen LogP contribution in [0.5, 0.6) is 5.75 Å². The third-order valence-corrected chi connectivity index (χ3v) is 4.49. The van der Waals surface area contributed by atoms with Crippen LogP contribution in [-0.2, 0) is 37.5 Å². The van der Waals surface area contributed by atoms with Crippen LogP contribution in [0.25, 0.3) is 5.70 Å². The van der Waals surface area contributed by atoms with E-state index in [4.69, 9.17) is 4.74 Å². The van der Waals surface area contributed by atoms with E-state index < -0.39 is 11.6 Å². The summed E-state index contributed by atoms with van der Waals surface area (Å²) in [6.45, 7) is 2.10. The molecule has 1 atom stereocenters. The molecule has 1 amide bonds. The van der Waals surface area contributed by atoms with Gasteiger partial charge in [0, 0.05) is 39.3 Å². The average Bonchev–Trinajstić information content (AvgIpc) is 2.48. The van der Waals surface area contributed by atoms with Gasteiger partial charge in [-0.3, -0.25) is 4.79 Å². The second-order valence-corrected chi connectivity index (χ2v) is 6.91. The van der Waals surface area contributed by atoms with Gasteiger partial charge in [0.15, 0.2) is 0 Å². The number of halogens is 3. The van der Waals surface area contributed by atoms with E-state index in [0.29, 0.717) is 18.9 Å². The molecule has 0 saturated carbocycles.